The molecule has 2 aliphatic rings. The molecule has 1 aromatic carbocycles. The summed E-state index contributed by atoms with van der Waals surface area (Å²) in [7, 11) is 0. The molecule has 0 aliphatic carbocycles. The van der Waals surface area contributed by atoms with E-state index in [4.69, 9.17) is 14.7 Å². The second-order valence-corrected chi connectivity index (χ2v) is 9.61. The minimum absolute atomic E-state index is 0.0801. The SMILES string of the molecule is O=C(c1ccccn1)N1CC[C@H](CNc2cc(-n3c(C(F)F)nc4ccccc43)nc(N3CCOCC3)n2)C1. The Morgan fingerprint density at radius 2 is 1.87 bits per heavy atom. The fraction of sp³-hybridized carbons (Fsp3) is 0.370. The number of ether oxygens (including phenoxy) is 1. The molecule has 0 radical (unpaired) electrons. The molecule has 202 valence electrons. The van der Waals surface area contributed by atoms with Gasteiger partial charge in [-0.05, 0) is 36.6 Å². The molecule has 0 saturated carbocycles. The molecular formula is C27H28F2N8O2. The molecule has 4 aromatic rings. The van der Waals surface area contributed by atoms with Crippen LogP contribution in [0.2, 0.25) is 0 Å². The number of hydrogen-bond acceptors (Lipinski definition) is 8. The predicted octanol–water partition coefficient (Wildman–Crippen LogP) is 3.56. The van der Waals surface area contributed by atoms with Crippen molar-refractivity contribution >= 4 is 28.7 Å². The molecule has 2 fully saturated rings. The van der Waals surface area contributed by atoms with Gasteiger partial charge in [-0.15, -0.1) is 0 Å². The van der Waals surface area contributed by atoms with Gasteiger partial charge in [0, 0.05) is 45.0 Å². The maximum Gasteiger partial charge on any atom is 0.296 e. The summed E-state index contributed by atoms with van der Waals surface area (Å²) in [5, 5.41) is 3.38. The average Bonchev–Trinajstić information content (AvgIpc) is 3.62. The number of halogens is 2. The van der Waals surface area contributed by atoms with Gasteiger partial charge in [0.25, 0.3) is 12.3 Å². The highest BCUT2D eigenvalue weighted by Gasteiger charge is 2.28. The van der Waals surface area contributed by atoms with E-state index in [1.807, 2.05) is 9.80 Å². The predicted molar refractivity (Wildman–Crippen MR) is 141 cm³/mol. The van der Waals surface area contributed by atoms with Crippen LogP contribution in [0.25, 0.3) is 16.9 Å². The monoisotopic (exact) mass is 534 g/mol. The lowest BCUT2D eigenvalue weighted by atomic mass is 10.1. The molecule has 0 bridgehead atoms. The van der Waals surface area contributed by atoms with Gasteiger partial charge in [0.15, 0.2) is 5.82 Å². The summed E-state index contributed by atoms with van der Waals surface area (Å²) in [4.78, 5) is 34.4. The zero-order valence-electron chi connectivity index (χ0n) is 21.2. The van der Waals surface area contributed by atoms with Crippen LogP contribution < -0.4 is 10.2 Å². The van der Waals surface area contributed by atoms with E-state index < -0.39 is 6.43 Å². The number of para-hydroxylation sites is 2. The molecule has 1 N–H and O–H groups in total. The number of nitrogens with zero attached hydrogens (tertiary/aromatic N) is 7. The number of fused-ring (bicyclic) bond motifs is 1. The van der Waals surface area contributed by atoms with Gasteiger partial charge in [0.1, 0.15) is 17.3 Å². The second kappa shape index (κ2) is 10.9. The average molecular weight is 535 g/mol. The Morgan fingerprint density at radius 3 is 2.67 bits per heavy atom. The minimum atomic E-state index is -2.78. The number of rotatable bonds is 7. The Labute approximate surface area is 223 Å². The number of likely N-dealkylation sites (tertiary alicyclic amines) is 1. The van der Waals surface area contributed by atoms with Crippen LogP contribution in [-0.4, -0.2) is 81.2 Å². The van der Waals surface area contributed by atoms with E-state index in [0.29, 0.717) is 80.2 Å². The molecular weight excluding hydrogens is 506 g/mol. The molecule has 0 unspecified atom stereocenters. The molecule has 39 heavy (non-hydrogen) atoms. The standard InChI is InChI=1S/C27H28F2N8O2/c28-24(29)25-32-19-5-1-2-7-21(19)37(25)23-15-22(33-27(34-23)35-11-13-39-14-12-35)31-16-18-8-10-36(17-18)26(38)20-6-3-4-9-30-20/h1-7,9,15,18,24H,8,10-14,16-17H2,(H,31,33,34)/t18-/m1/s1. The summed E-state index contributed by atoms with van der Waals surface area (Å²) in [6, 6.07) is 14.0. The number of benzene rings is 1. The number of carbonyl (C=O) groups is 1. The van der Waals surface area contributed by atoms with Crippen molar-refractivity contribution in [1.82, 2.24) is 29.4 Å². The van der Waals surface area contributed by atoms with Crippen molar-refractivity contribution in [1.29, 1.82) is 0 Å². The summed E-state index contributed by atoms with van der Waals surface area (Å²) in [5.74, 6) is 1.03. The van der Waals surface area contributed by atoms with Gasteiger partial charge in [-0.3, -0.25) is 14.3 Å². The third-order valence-electron chi connectivity index (χ3n) is 7.03. The molecule has 1 amide bonds. The third kappa shape index (κ3) is 5.24. The quantitative estimate of drug-likeness (QED) is 0.384. The van der Waals surface area contributed by atoms with Crippen molar-refractivity contribution in [2.45, 2.75) is 12.8 Å². The summed E-state index contributed by atoms with van der Waals surface area (Å²) < 4.78 is 35.0. The van der Waals surface area contributed by atoms with E-state index in [9.17, 15) is 13.6 Å². The normalized spacial score (nSPS) is 17.8. The van der Waals surface area contributed by atoms with Gasteiger partial charge in [-0.1, -0.05) is 18.2 Å². The fourth-order valence-electron chi connectivity index (χ4n) is 5.05. The Morgan fingerprint density at radius 1 is 1.05 bits per heavy atom. The maximum atomic E-state index is 14.1. The van der Waals surface area contributed by atoms with E-state index in [1.165, 1.54) is 4.57 Å². The number of nitrogens with one attached hydrogen (secondary N) is 1. The lowest BCUT2D eigenvalue weighted by Crippen LogP contribution is -2.37. The molecule has 0 spiro atoms. The number of alkyl halides is 2. The van der Waals surface area contributed by atoms with Gasteiger partial charge in [0.05, 0.1) is 24.2 Å². The molecule has 3 aromatic heterocycles. The first-order valence-electron chi connectivity index (χ1n) is 13.0. The summed E-state index contributed by atoms with van der Waals surface area (Å²) in [5.41, 5.74) is 1.45. The first-order chi connectivity index (χ1) is 19.1. The topological polar surface area (TPSA) is 101 Å². The first kappa shape index (κ1) is 25.1. The largest absolute Gasteiger partial charge is 0.378 e. The van der Waals surface area contributed by atoms with Crippen LogP contribution in [0.15, 0.2) is 54.7 Å². The van der Waals surface area contributed by atoms with Gasteiger partial charge in [-0.25, -0.2) is 13.8 Å². The summed E-state index contributed by atoms with van der Waals surface area (Å²) in [6.45, 7) is 4.08. The van der Waals surface area contributed by atoms with Crippen molar-refractivity contribution in [3.05, 3.63) is 66.2 Å². The number of amides is 1. The Kier molecular flexibility index (Phi) is 7.01. The van der Waals surface area contributed by atoms with E-state index >= 15 is 0 Å². The Balaban J connectivity index is 1.27. The number of carbonyl (C=O) groups excluding carboxylic acids is 1. The Bertz CT molecular complexity index is 1460. The minimum Gasteiger partial charge on any atom is -0.378 e. The van der Waals surface area contributed by atoms with Gasteiger partial charge < -0.3 is 19.9 Å². The zero-order valence-corrected chi connectivity index (χ0v) is 21.2. The van der Waals surface area contributed by atoms with Crippen LogP contribution in [0.5, 0.6) is 0 Å². The van der Waals surface area contributed by atoms with E-state index in [0.717, 1.165) is 6.42 Å². The molecule has 2 aliphatic heterocycles. The highest BCUT2D eigenvalue weighted by Crippen LogP contribution is 2.29. The molecule has 10 nitrogen and oxygen atoms in total. The van der Waals surface area contributed by atoms with E-state index in [-0.39, 0.29) is 17.6 Å². The van der Waals surface area contributed by atoms with Gasteiger partial charge in [0.2, 0.25) is 5.95 Å². The number of morpholine rings is 1. The van der Waals surface area contributed by atoms with Crippen LogP contribution in [0, 0.1) is 5.92 Å². The third-order valence-corrected chi connectivity index (χ3v) is 7.03. The van der Waals surface area contributed by atoms with Crippen LogP contribution >= 0.6 is 0 Å². The van der Waals surface area contributed by atoms with Crippen LogP contribution in [0.4, 0.5) is 20.5 Å². The lowest BCUT2D eigenvalue weighted by Gasteiger charge is -2.27. The van der Waals surface area contributed by atoms with Crippen molar-refractivity contribution in [2.75, 3.05) is 56.2 Å². The highest BCUT2D eigenvalue weighted by atomic mass is 19.3. The fourth-order valence-corrected chi connectivity index (χ4v) is 5.05. The molecule has 1 atom stereocenters. The highest BCUT2D eigenvalue weighted by molar-refractivity contribution is 5.92. The number of pyridine rings is 1. The number of anilines is 2. The van der Waals surface area contributed by atoms with Crippen LogP contribution in [-0.2, 0) is 4.74 Å². The Hall–Kier alpha value is -4.19. The molecule has 6 rings (SSSR count). The summed E-state index contributed by atoms with van der Waals surface area (Å²) >= 11 is 0. The number of aromatic nitrogens is 5. The maximum absolute atomic E-state index is 14.1. The van der Waals surface area contributed by atoms with Gasteiger partial charge >= 0.3 is 0 Å². The number of hydrogen-bond donors (Lipinski definition) is 1. The first-order valence-corrected chi connectivity index (χ1v) is 13.0. The smallest absolute Gasteiger partial charge is 0.296 e. The van der Waals surface area contributed by atoms with Crippen molar-refractivity contribution in [3.8, 4) is 5.82 Å². The summed E-state index contributed by atoms with van der Waals surface area (Å²) in [6.07, 6.45) is -0.331. The molecule has 2 saturated heterocycles. The van der Waals surface area contributed by atoms with Crippen molar-refractivity contribution in [2.24, 2.45) is 5.92 Å². The van der Waals surface area contributed by atoms with E-state index in [1.54, 1.807) is 54.7 Å². The van der Waals surface area contributed by atoms with Crippen molar-refractivity contribution in [3.63, 3.8) is 0 Å². The molecule has 5 heterocycles. The van der Waals surface area contributed by atoms with Crippen LogP contribution in [0.1, 0.15) is 29.2 Å². The zero-order chi connectivity index (χ0) is 26.8. The van der Waals surface area contributed by atoms with E-state index in [2.05, 4.69) is 15.3 Å². The lowest BCUT2D eigenvalue weighted by molar-refractivity contribution is 0.0782. The van der Waals surface area contributed by atoms with Gasteiger partial charge in [-0.2, -0.15) is 9.97 Å². The van der Waals surface area contributed by atoms with Crippen LogP contribution in [0.3, 0.4) is 0 Å². The second-order valence-electron chi connectivity index (χ2n) is 9.61. The molecule has 12 heteroatoms. The number of imidazole rings is 1. The van der Waals surface area contributed by atoms with Crippen molar-refractivity contribution < 1.29 is 18.3 Å².